The van der Waals surface area contributed by atoms with Gasteiger partial charge in [0.15, 0.2) is 4.67 Å². The highest BCUT2D eigenvalue weighted by Gasteiger charge is 2.13. The fourth-order valence-electron chi connectivity index (χ4n) is 1.26. The van der Waals surface area contributed by atoms with Gasteiger partial charge in [-0.3, -0.25) is 0 Å². The molecule has 15 heavy (non-hydrogen) atoms. The normalized spacial score (nSPS) is 12.7. The first-order valence-corrected chi connectivity index (χ1v) is 6.40. The van der Waals surface area contributed by atoms with E-state index in [9.17, 15) is 0 Å². The average Bonchev–Trinajstić information content (AvgIpc) is 2.65. The largest absolute Gasteiger partial charge is 0.453 e. The van der Waals surface area contributed by atoms with Crippen molar-refractivity contribution in [3.8, 4) is 0 Å². The minimum Gasteiger partial charge on any atom is -0.453 e. The summed E-state index contributed by atoms with van der Waals surface area (Å²) in [5.41, 5.74) is 1.11. The van der Waals surface area contributed by atoms with Crippen LogP contribution in [0.3, 0.4) is 0 Å². The van der Waals surface area contributed by atoms with Crippen LogP contribution in [0.15, 0.2) is 45.5 Å². The van der Waals surface area contributed by atoms with E-state index in [2.05, 4.69) is 31.9 Å². The van der Waals surface area contributed by atoms with Gasteiger partial charge in [-0.2, -0.15) is 0 Å². The summed E-state index contributed by atoms with van der Waals surface area (Å²) in [7, 11) is 0. The topological polar surface area (TPSA) is 13.1 Å². The van der Waals surface area contributed by atoms with E-state index in [4.69, 9.17) is 16.0 Å². The molecule has 0 amide bonds. The fraction of sp³-hybridized carbons (Fsp3) is 0.0909. The van der Waals surface area contributed by atoms with E-state index >= 15 is 0 Å². The van der Waals surface area contributed by atoms with Gasteiger partial charge in [0, 0.05) is 5.02 Å². The van der Waals surface area contributed by atoms with Crippen molar-refractivity contribution < 1.29 is 4.42 Å². The van der Waals surface area contributed by atoms with Gasteiger partial charge in [-0.15, -0.1) is 0 Å². The van der Waals surface area contributed by atoms with Gasteiger partial charge in [0.05, 0.1) is 4.83 Å². The summed E-state index contributed by atoms with van der Waals surface area (Å²) in [4.78, 5) is 0.0565. The lowest BCUT2D eigenvalue weighted by Crippen LogP contribution is -1.89. The van der Waals surface area contributed by atoms with E-state index in [0.717, 1.165) is 21.0 Å². The van der Waals surface area contributed by atoms with E-state index in [1.165, 1.54) is 0 Å². The van der Waals surface area contributed by atoms with Crippen LogP contribution in [0.1, 0.15) is 16.2 Å². The molecule has 1 heterocycles. The van der Waals surface area contributed by atoms with Gasteiger partial charge in [-0.1, -0.05) is 39.7 Å². The van der Waals surface area contributed by atoms with Gasteiger partial charge in [0.25, 0.3) is 0 Å². The summed E-state index contributed by atoms with van der Waals surface area (Å²) in [6.45, 7) is 0. The molecule has 0 aliphatic rings. The Balaban J connectivity index is 2.28. The standard InChI is InChI=1S/C11H7Br2ClO/c12-10-6-5-9(15-10)11(13)7-1-3-8(14)4-2-7/h1-6,11H. The fourth-order valence-corrected chi connectivity index (χ4v) is 2.26. The van der Waals surface area contributed by atoms with E-state index in [1.807, 2.05) is 36.4 Å². The van der Waals surface area contributed by atoms with Gasteiger partial charge in [0.1, 0.15) is 5.76 Å². The zero-order chi connectivity index (χ0) is 10.8. The molecule has 1 aromatic carbocycles. The summed E-state index contributed by atoms with van der Waals surface area (Å²) in [6.07, 6.45) is 0. The van der Waals surface area contributed by atoms with Crippen LogP contribution in [-0.2, 0) is 0 Å². The van der Waals surface area contributed by atoms with Crippen molar-refractivity contribution >= 4 is 43.5 Å². The third-order valence-electron chi connectivity index (χ3n) is 2.01. The van der Waals surface area contributed by atoms with Crippen LogP contribution in [0.2, 0.25) is 5.02 Å². The molecule has 0 spiro atoms. The molecule has 0 radical (unpaired) electrons. The Labute approximate surface area is 110 Å². The molecule has 0 bridgehead atoms. The molecule has 1 atom stereocenters. The minimum atomic E-state index is 0.0565. The van der Waals surface area contributed by atoms with Gasteiger partial charge in [-0.25, -0.2) is 0 Å². The lowest BCUT2D eigenvalue weighted by Gasteiger charge is -2.06. The summed E-state index contributed by atoms with van der Waals surface area (Å²) < 4.78 is 6.20. The van der Waals surface area contributed by atoms with Crippen LogP contribution in [-0.4, -0.2) is 0 Å². The van der Waals surface area contributed by atoms with E-state index < -0.39 is 0 Å². The van der Waals surface area contributed by atoms with Crippen LogP contribution in [0.5, 0.6) is 0 Å². The predicted octanol–water partition coefficient (Wildman–Crippen LogP) is 5.18. The maximum Gasteiger partial charge on any atom is 0.169 e. The zero-order valence-corrected chi connectivity index (χ0v) is 11.5. The van der Waals surface area contributed by atoms with Crippen LogP contribution in [0.4, 0.5) is 0 Å². The average molecular weight is 350 g/mol. The first-order chi connectivity index (χ1) is 7.16. The summed E-state index contributed by atoms with van der Waals surface area (Å²) in [5, 5.41) is 0.735. The molecule has 2 rings (SSSR count). The third kappa shape index (κ3) is 2.65. The second kappa shape index (κ2) is 4.73. The number of alkyl halides is 1. The number of halogens is 3. The molecule has 2 aromatic rings. The number of hydrogen-bond acceptors (Lipinski definition) is 1. The summed E-state index contributed by atoms with van der Waals surface area (Å²) in [5.74, 6) is 0.865. The molecule has 0 saturated carbocycles. The Morgan fingerprint density at radius 1 is 1.07 bits per heavy atom. The highest BCUT2D eigenvalue weighted by molar-refractivity contribution is 9.10. The first-order valence-electron chi connectivity index (χ1n) is 4.31. The second-order valence-electron chi connectivity index (χ2n) is 3.06. The Morgan fingerprint density at radius 3 is 2.27 bits per heavy atom. The molecule has 1 nitrogen and oxygen atoms in total. The second-order valence-corrected chi connectivity index (χ2v) is 5.19. The molecule has 0 saturated heterocycles. The zero-order valence-electron chi connectivity index (χ0n) is 7.58. The Morgan fingerprint density at radius 2 is 1.73 bits per heavy atom. The highest BCUT2D eigenvalue weighted by atomic mass is 79.9. The maximum absolute atomic E-state index is 5.82. The summed E-state index contributed by atoms with van der Waals surface area (Å²) in [6, 6.07) is 11.5. The van der Waals surface area contributed by atoms with Crippen LogP contribution in [0, 0.1) is 0 Å². The van der Waals surface area contributed by atoms with Crippen molar-refractivity contribution in [1.82, 2.24) is 0 Å². The molecular formula is C11H7Br2ClO. The SMILES string of the molecule is Clc1ccc(C(Br)c2ccc(Br)o2)cc1. The molecule has 0 fully saturated rings. The lowest BCUT2D eigenvalue weighted by molar-refractivity contribution is 0.497. The van der Waals surface area contributed by atoms with Gasteiger partial charge in [0.2, 0.25) is 0 Å². The van der Waals surface area contributed by atoms with Gasteiger partial charge in [-0.05, 0) is 45.8 Å². The molecule has 1 aromatic heterocycles. The predicted molar refractivity (Wildman–Crippen MR) is 68.6 cm³/mol. The Kier molecular flexibility index (Phi) is 3.54. The number of furan rings is 1. The van der Waals surface area contributed by atoms with Gasteiger partial charge < -0.3 is 4.42 Å². The molecule has 1 unspecified atom stereocenters. The smallest absolute Gasteiger partial charge is 0.169 e. The number of rotatable bonds is 2. The lowest BCUT2D eigenvalue weighted by atomic mass is 10.1. The van der Waals surface area contributed by atoms with Crippen molar-refractivity contribution in [3.63, 3.8) is 0 Å². The van der Waals surface area contributed by atoms with Crippen molar-refractivity contribution in [2.45, 2.75) is 4.83 Å². The van der Waals surface area contributed by atoms with Crippen molar-refractivity contribution in [3.05, 3.63) is 57.4 Å². The Hall–Kier alpha value is -0.250. The van der Waals surface area contributed by atoms with Crippen LogP contribution < -0.4 is 0 Å². The molecule has 0 aliphatic heterocycles. The van der Waals surface area contributed by atoms with E-state index in [0.29, 0.717) is 0 Å². The quantitative estimate of drug-likeness (QED) is 0.680. The molecule has 4 heteroatoms. The maximum atomic E-state index is 5.82. The first kappa shape index (κ1) is 11.2. The molecular weight excluding hydrogens is 343 g/mol. The third-order valence-corrected chi connectivity index (χ3v) is 3.66. The van der Waals surface area contributed by atoms with Crippen molar-refractivity contribution in [2.24, 2.45) is 0 Å². The highest BCUT2D eigenvalue weighted by Crippen LogP contribution is 2.33. The van der Waals surface area contributed by atoms with Crippen molar-refractivity contribution in [2.75, 3.05) is 0 Å². The van der Waals surface area contributed by atoms with Crippen LogP contribution in [0.25, 0.3) is 0 Å². The minimum absolute atomic E-state index is 0.0565. The van der Waals surface area contributed by atoms with Crippen molar-refractivity contribution in [1.29, 1.82) is 0 Å². The monoisotopic (exact) mass is 348 g/mol. The number of hydrogen-bond donors (Lipinski definition) is 0. The van der Waals surface area contributed by atoms with E-state index in [-0.39, 0.29) is 4.83 Å². The molecule has 0 N–H and O–H groups in total. The summed E-state index contributed by atoms with van der Waals surface area (Å²) >= 11 is 12.7. The van der Waals surface area contributed by atoms with Crippen LogP contribution >= 0.6 is 43.5 Å². The number of benzene rings is 1. The molecule has 78 valence electrons. The molecule has 0 aliphatic carbocycles. The Bertz CT molecular complexity index is 450. The van der Waals surface area contributed by atoms with E-state index in [1.54, 1.807) is 0 Å². The van der Waals surface area contributed by atoms with Gasteiger partial charge >= 0.3 is 0 Å².